The summed E-state index contributed by atoms with van der Waals surface area (Å²) in [6.45, 7) is 4.09. The van der Waals surface area contributed by atoms with E-state index in [0.29, 0.717) is 0 Å². The number of benzene rings is 2. The van der Waals surface area contributed by atoms with Crippen molar-refractivity contribution in [1.29, 1.82) is 0 Å². The highest BCUT2D eigenvalue weighted by Gasteiger charge is 2.10. The summed E-state index contributed by atoms with van der Waals surface area (Å²) in [5.41, 5.74) is 9.88. The third kappa shape index (κ3) is 2.96. The van der Waals surface area contributed by atoms with Gasteiger partial charge in [-0.15, -0.1) is 11.3 Å². The summed E-state index contributed by atoms with van der Waals surface area (Å²) < 4.78 is 1.12. The normalized spacial score (nSPS) is 12.5. The van der Waals surface area contributed by atoms with Crippen molar-refractivity contribution in [3.8, 4) is 0 Å². The molecule has 0 aliphatic carbocycles. The van der Waals surface area contributed by atoms with Crippen molar-refractivity contribution in [2.75, 3.05) is 11.1 Å². The maximum atomic E-state index is 6.14. The number of rotatable bonds is 3. The molecule has 0 aliphatic heterocycles. The molecule has 0 aliphatic rings. The molecule has 0 saturated carbocycles. The summed E-state index contributed by atoms with van der Waals surface area (Å²) in [7, 11) is 0. The molecule has 108 valence electrons. The van der Waals surface area contributed by atoms with E-state index in [1.165, 1.54) is 0 Å². The van der Waals surface area contributed by atoms with Gasteiger partial charge < -0.3 is 11.1 Å². The van der Waals surface area contributed by atoms with Gasteiger partial charge in [0.2, 0.25) is 0 Å². The lowest BCUT2D eigenvalue weighted by Crippen LogP contribution is -2.08. The number of fused-ring (bicyclic) bond motifs is 1. The van der Waals surface area contributed by atoms with Gasteiger partial charge in [-0.25, -0.2) is 4.98 Å². The number of hydrogen-bond acceptors (Lipinski definition) is 4. The second kappa shape index (κ2) is 5.54. The molecule has 3 rings (SSSR count). The van der Waals surface area contributed by atoms with Crippen LogP contribution in [0.3, 0.4) is 0 Å². The molecular formula is C16H16ClN3S. The fraction of sp³-hybridized carbons (Fsp3) is 0.188. The van der Waals surface area contributed by atoms with Crippen LogP contribution in [-0.2, 0) is 0 Å². The molecule has 1 atom stereocenters. The second-order valence-electron chi connectivity index (χ2n) is 5.06. The van der Waals surface area contributed by atoms with Crippen LogP contribution >= 0.6 is 22.9 Å². The summed E-state index contributed by atoms with van der Waals surface area (Å²) >= 11 is 7.70. The van der Waals surface area contributed by atoms with E-state index < -0.39 is 0 Å². The van der Waals surface area contributed by atoms with Gasteiger partial charge in [-0.1, -0.05) is 23.7 Å². The molecule has 3 nitrogen and oxygen atoms in total. The van der Waals surface area contributed by atoms with Gasteiger partial charge in [-0.05, 0) is 43.7 Å². The first kappa shape index (κ1) is 14.2. The molecule has 0 bridgehead atoms. The van der Waals surface area contributed by atoms with Crippen molar-refractivity contribution >= 4 is 44.5 Å². The highest BCUT2D eigenvalue weighted by atomic mass is 35.5. The number of hydrogen-bond donors (Lipinski definition) is 2. The molecule has 0 fully saturated rings. The molecular weight excluding hydrogens is 302 g/mol. The number of halogens is 1. The van der Waals surface area contributed by atoms with Crippen molar-refractivity contribution in [2.24, 2.45) is 0 Å². The van der Waals surface area contributed by atoms with Gasteiger partial charge in [0.1, 0.15) is 0 Å². The molecule has 1 aromatic heterocycles. The van der Waals surface area contributed by atoms with Crippen molar-refractivity contribution < 1.29 is 0 Å². The van der Waals surface area contributed by atoms with Crippen LogP contribution in [0.5, 0.6) is 0 Å². The number of nitrogens with two attached hydrogens (primary N) is 1. The first-order chi connectivity index (χ1) is 10.0. The molecule has 5 heteroatoms. The van der Waals surface area contributed by atoms with Crippen LogP contribution in [0.4, 0.5) is 11.4 Å². The SMILES string of the molecule is Cc1nc2cc(NC(C)c3cccc(Cl)c3)c(N)cc2s1. The van der Waals surface area contributed by atoms with Crippen LogP contribution in [0.2, 0.25) is 5.02 Å². The fourth-order valence-electron chi connectivity index (χ4n) is 2.32. The highest BCUT2D eigenvalue weighted by Crippen LogP contribution is 2.32. The van der Waals surface area contributed by atoms with Gasteiger partial charge in [0, 0.05) is 11.1 Å². The van der Waals surface area contributed by atoms with Gasteiger partial charge in [-0.3, -0.25) is 0 Å². The Kier molecular flexibility index (Phi) is 3.74. The number of aryl methyl sites for hydroxylation is 1. The Morgan fingerprint density at radius 3 is 2.86 bits per heavy atom. The standard InChI is InChI=1S/C16H16ClN3S/c1-9(11-4-3-5-12(17)6-11)19-14-8-15-16(7-13(14)18)21-10(2)20-15/h3-9,19H,18H2,1-2H3. The minimum atomic E-state index is 0.114. The summed E-state index contributed by atoms with van der Waals surface area (Å²) in [6, 6.07) is 11.9. The lowest BCUT2D eigenvalue weighted by molar-refractivity contribution is 0.886. The lowest BCUT2D eigenvalue weighted by atomic mass is 10.1. The smallest absolute Gasteiger partial charge is 0.0907 e. The van der Waals surface area contributed by atoms with Crippen molar-refractivity contribution in [3.63, 3.8) is 0 Å². The Balaban J connectivity index is 1.91. The Morgan fingerprint density at radius 2 is 2.10 bits per heavy atom. The van der Waals surface area contributed by atoms with Crippen LogP contribution < -0.4 is 11.1 Å². The minimum Gasteiger partial charge on any atom is -0.397 e. The van der Waals surface area contributed by atoms with E-state index >= 15 is 0 Å². The number of nitrogens with zero attached hydrogens (tertiary/aromatic N) is 1. The zero-order valence-corrected chi connectivity index (χ0v) is 13.4. The average molecular weight is 318 g/mol. The van der Waals surface area contributed by atoms with Crippen LogP contribution in [0.15, 0.2) is 36.4 Å². The van der Waals surface area contributed by atoms with Gasteiger partial charge in [-0.2, -0.15) is 0 Å². The van der Waals surface area contributed by atoms with E-state index in [9.17, 15) is 0 Å². The third-order valence-corrected chi connectivity index (χ3v) is 4.56. The van der Waals surface area contributed by atoms with Crippen LogP contribution in [0.1, 0.15) is 23.5 Å². The summed E-state index contributed by atoms with van der Waals surface area (Å²) in [5.74, 6) is 0. The van der Waals surface area contributed by atoms with Crippen molar-refractivity contribution in [2.45, 2.75) is 19.9 Å². The first-order valence-electron chi connectivity index (χ1n) is 6.71. The van der Waals surface area contributed by atoms with Gasteiger partial charge in [0.05, 0.1) is 26.6 Å². The molecule has 2 aromatic carbocycles. The molecule has 3 N–H and O–H groups in total. The summed E-state index contributed by atoms with van der Waals surface area (Å²) in [4.78, 5) is 4.51. The predicted octanol–water partition coefficient (Wildman–Crippen LogP) is 5.01. The largest absolute Gasteiger partial charge is 0.397 e. The quantitative estimate of drug-likeness (QED) is 0.667. The molecule has 1 heterocycles. The van der Waals surface area contributed by atoms with E-state index in [1.807, 2.05) is 43.3 Å². The van der Waals surface area contributed by atoms with Crippen LogP contribution in [-0.4, -0.2) is 4.98 Å². The molecule has 21 heavy (non-hydrogen) atoms. The minimum absolute atomic E-state index is 0.114. The maximum absolute atomic E-state index is 6.14. The maximum Gasteiger partial charge on any atom is 0.0907 e. The number of thiazole rings is 1. The van der Waals surface area contributed by atoms with E-state index in [4.69, 9.17) is 17.3 Å². The second-order valence-corrected chi connectivity index (χ2v) is 6.73. The average Bonchev–Trinajstić information content (AvgIpc) is 2.78. The van der Waals surface area contributed by atoms with E-state index in [2.05, 4.69) is 17.2 Å². The molecule has 0 spiro atoms. The Hall–Kier alpha value is -1.78. The fourth-order valence-corrected chi connectivity index (χ4v) is 3.38. The molecule has 1 unspecified atom stereocenters. The van der Waals surface area contributed by atoms with Gasteiger partial charge in [0.15, 0.2) is 0 Å². The van der Waals surface area contributed by atoms with Gasteiger partial charge in [0.25, 0.3) is 0 Å². The van der Waals surface area contributed by atoms with E-state index in [1.54, 1.807) is 11.3 Å². The number of nitrogen functional groups attached to an aromatic ring is 1. The van der Waals surface area contributed by atoms with Crippen molar-refractivity contribution in [3.05, 3.63) is 52.0 Å². The van der Waals surface area contributed by atoms with Crippen LogP contribution in [0, 0.1) is 6.92 Å². The summed E-state index contributed by atoms with van der Waals surface area (Å²) in [5, 5.41) is 5.22. The number of anilines is 2. The number of nitrogens with one attached hydrogen (secondary N) is 1. The Bertz CT molecular complexity index is 797. The Morgan fingerprint density at radius 1 is 1.29 bits per heavy atom. The van der Waals surface area contributed by atoms with Gasteiger partial charge >= 0.3 is 0 Å². The third-order valence-electron chi connectivity index (χ3n) is 3.39. The Labute approximate surface area is 132 Å². The topological polar surface area (TPSA) is 50.9 Å². The van der Waals surface area contributed by atoms with Crippen molar-refractivity contribution in [1.82, 2.24) is 4.98 Å². The number of aromatic nitrogens is 1. The predicted molar refractivity (Wildman–Crippen MR) is 92.3 cm³/mol. The summed E-state index contributed by atoms with van der Waals surface area (Å²) in [6.07, 6.45) is 0. The lowest BCUT2D eigenvalue weighted by Gasteiger charge is -2.17. The molecule has 0 amide bonds. The molecule has 0 radical (unpaired) electrons. The van der Waals surface area contributed by atoms with E-state index in [-0.39, 0.29) is 6.04 Å². The van der Waals surface area contributed by atoms with E-state index in [0.717, 1.165) is 37.2 Å². The highest BCUT2D eigenvalue weighted by molar-refractivity contribution is 7.18. The molecule has 3 aromatic rings. The monoisotopic (exact) mass is 317 g/mol. The first-order valence-corrected chi connectivity index (χ1v) is 7.91. The zero-order chi connectivity index (χ0) is 15.0. The molecule has 0 saturated heterocycles. The van der Waals surface area contributed by atoms with Crippen LogP contribution in [0.25, 0.3) is 10.2 Å². The zero-order valence-electron chi connectivity index (χ0n) is 11.9.